The van der Waals surface area contributed by atoms with Crippen molar-refractivity contribution in [2.45, 2.75) is 26.7 Å². The largest absolute Gasteiger partial charge is 0.478 e. The van der Waals surface area contributed by atoms with E-state index in [0.29, 0.717) is 0 Å². The number of hydrogen-bond acceptors (Lipinski definition) is 2. The fraction of sp³-hybridized carbons (Fsp3) is 0.667. The van der Waals surface area contributed by atoms with Gasteiger partial charge in [-0.25, -0.2) is 4.79 Å². The number of hydrogen-bond donors (Lipinski definition) is 1. The Balaban J connectivity index is 3.84. The summed E-state index contributed by atoms with van der Waals surface area (Å²) in [7, 11) is 0. The van der Waals surface area contributed by atoms with Crippen LogP contribution in [0.25, 0.3) is 0 Å². The standard InChI is InChI=1S/C9H17NO2/c1-3-6-10(7-4-2)8-5-9(11)12/h5,8H,3-4,6-7H2,1-2H3,(H,11,12)/b8-5+. The molecule has 0 radical (unpaired) electrons. The molecule has 12 heavy (non-hydrogen) atoms. The molecule has 0 bridgehead atoms. The first kappa shape index (κ1) is 11.0. The molecule has 70 valence electrons. The van der Waals surface area contributed by atoms with E-state index in [0.717, 1.165) is 25.9 Å². The molecule has 0 aromatic carbocycles. The Morgan fingerprint density at radius 3 is 2.17 bits per heavy atom. The van der Waals surface area contributed by atoms with E-state index in [4.69, 9.17) is 5.11 Å². The molecule has 0 saturated carbocycles. The second-order valence-electron chi connectivity index (χ2n) is 2.69. The van der Waals surface area contributed by atoms with Crippen LogP contribution in [0.3, 0.4) is 0 Å². The highest BCUT2D eigenvalue weighted by molar-refractivity contribution is 5.79. The van der Waals surface area contributed by atoms with E-state index < -0.39 is 5.97 Å². The Hall–Kier alpha value is -0.990. The number of carboxylic acid groups (broad SMARTS) is 1. The van der Waals surface area contributed by atoms with Crippen LogP contribution in [0.4, 0.5) is 0 Å². The van der Waals surface area contributed by atoms with Gasteiger partial charge in [0.1, 0.15) is 0 Å². The highest BCUT2D eigenvalue weighted by Gasteiger charge is 1.95. The summed E-state index contributed by atoms with van der Waals surface area (Å²) in [6, 6.07) is 0. The van der Waals surface area contributed by atoms with Crippen LogP contribution in [-0.2, 0) is 4.79 Å². The average molecular weight is 171 g/mol. The van der Waals surface area contributed by atoms with Crippen LogP contribution in [-0.4, -0.2) is 29.1 Å². The molecule has 0 aliphatic carbocycles. The molecule has 0 fully saturated rings. The molecular formula is C9H17NO2. The Bertz CT molecular complexity index is 149. The smallest absolute Gasteiger partial charge is 0.329 e. The van der Waals surface area contributed by atoms with Crippen LogP contribution in [0.2, 0.25) is 0 Å². The van der Waals surface area contributed by atoms with Gasteiger partial charge < -0.3 is 10.0 Å². The molecule has 0 heterocycles. The summed E-state index contributed by atoms with van der Waals surface area (Å²) >= 11 is 0. The molecule has 0 atom stereocenters. The van der Waals surface area contributed by atoms with Crippen molar-refractivity contribution in [2.75, 3.05) is 13.1 Å². The monoisotopic (exact) mass is 171 g/mol. The van der Waals surface area contributed by atoms with E-state index in [1.807, 2.05) is 4.90 Å². The third-order valence-corrected chi connectivity index (χ3v) is 1.45. The van der Waals surface area contributed by atoms with Crippen LogP contribution in [0.5, 0.6) is 0 Å². The first-order chi connectivity index (χ1) is 5.70. The van der Waals surface area contributed by atoms with Gasteiger partial charge in [-0.1, -0.05) is 13.8 Å². The van der Waals surface area contributed by atoms with Crippen molar-refractivity contribution in [3.05, 3.63) is 12.3 Å². The zero-order valence-electron chi connectivity index (χ0n) is 7.79. The Morgan fingerprint density at radius 1 is 1.33 bits per heavy atom. The van der Waals surface area contributed by atoms with Crippen molar-refractivity contribution in [2.24, 2.45) is 0 Å². The summed E-state index contributed by atoms with van der Waals surface area (Å²) in [5.41, 5.74) is 0. The average Bonchev–Trinajstić information content (AvgIpc) is 2.01. The topological polar surface area (TPSA) is 40.5 Å². The molecule has 0 unspecified atom stereocenters. The summed E-state index contributed by atoms with van der Waals surface area (Å²) in [6.07, 6.45) is 4.93. The lowest BCUT2D eigenvalue weighted by Crippen LogP contribution is -2.19. The van der Waals surface area contributed by atoms with Crippen molar-refractivity contribution >= 4 is 5.97 Å². The molecule has 3 heteroatoms. The minimum atomic E-state index is -0.882. The fourth-order valence-electron chi connectivity index (χ4n) is 1.00. The first-order valence-corrected chi connectivity index (χ1v) is 4.35. The molecule has 0 aliphatic rings. The van der Waals surface area contributed by atoms with Gasteiger partial charge in [0.05, 0.1) is 0 Å². The molecule has 0 aromatic rings. The van der Waals surface area contributed by atoms with Gasteiger partial charge in [0, 0.05) is 25.4 Å². The van der Waals surface area contributed by atoms with Gasteiger partial charge >= 0.3 is 5.97 Å². The lowest BCUT2D eigenvalue weighted by molar-refractivity contribution is -0.131. The minimum Gasteiger partial charge on any atom is -0.478 e. The summed E-state index contributed by atoms with van der Waals surface area (Å²) in [6.45, 7) is 6.02. The molecule has 0 aromatic heterocycles. The Kier molecular flexibility index (Phi) is 6.15. The maximum Gasteiger partial charge on any atom is 0.329 e. The number of rotatable bonds is 6. The lowest BCUT2D eigenvalue weighted by atomic mass is 10.3. The second-order valence-corrected chi connectivity index (χ2v) is 2.69. The summed E-state index contributed by atoms with van der Waals surface area (Å²) in [5.74, 6) is -0.882. The van der Waals surface area contributed by atoms with Gasteiger partial charge in [-0.15, -0.1) is 0 Å². The zero-order valence-corrected chi connectivity index (χ0v) is 7.79. The molecule has 0 rings (SSSR count). The van der Waals surface area contributed by atoms with Crippen LogP contribution in [0.15, 0.2) is 12.3 Å². The molecule has 0 aliphatic heterocycles. The quantitative estimate of drug-likeness (QED) is 0.618. The van der Waals surface area contributed by atoms with E-state index in [1.54, 1.807) is 6.20 Å². The molecule has 0 spiro atoms. The van der Waals surface area contributed by atoms with Gasteiger partial charge in [-0.05, 0) is 12.8 Å². The molecule has 0 amide bonds. The van der Waals surface area contributed by atoms with Crippen molar-refractivity contribution in [1.29, 1.82) is 0 Å². The van der Waals surface area contributed by atoms with Crippen molar-refractivity contribution in [1.82, 2.24) is 4.90 Å². The lowest BCUT2D eigenvalue weighted by Gasteiger charge is -2.17. The molecule has 0 saturated heterocycles. The number of carboxylic acids is 1. The number of nitrogens with zero attached hydrogens (tertiary/aromatic N) is 1. The number of aliphatic carboxylic acids is 1. The van der Waals surface area contributed by atoms with Gasteiger partial charge in [0.25, 0.3) is 0 Å². The van der Waals surface area contributed by atoms with Crippen molar-refractivity contribution in [3.8, 4) is 0 Å². The van der Waals surface area contributed by atoms with Gasteiger partial charge in [0.15, 0.2) is 0 Å². The summed E-state index contributed by atoms with van der Waals surface area (Å²) < 4.78 is 0. The SMILES string of the molecule is CCCN(/C=C/C(=O)O)CCC. The maximum absolute atomic E-state index is 10.2. The van der Waals surface area contributed by atoms with Crippen LogP contribution in [0, 0.1) is 0 Å². The van der Waals surface area contributed by atoms with Crippen molar-refractivity contribution < 1.29 is 9.90 Å². The molecular weight excluding hydrogens is 154 g/mol. The van der Waals surface area contributed by atoms with Crippen LogP contribution >= 0.6 is 0 Å². The highest BCUT2D eigenvalue weighted by Crippen LogP contribution is 1.94. The Morgan fingerprint density at radius 2 is 1.83 bits per heavy atom. The zero-order chi connectivity index (χ0) is 9.40. The van der Waals surface area contributed by atoms with Crippen LogP contribution < -0.4 is 0 Å². The first-order valence-electron chi connectivity index (χ1n) is 4.35. The third-order valence-electron chi connectivity index (χ3n) is 1.45. The molecule has 1 N–H and O–H groups in total. The Labute approximate surface area is 73.7 Å². The predicted octanol–water partition coefficient (Wildman–Crippen LogP) is 1.71. The van der Waals surface area contributed by atoms with E-state index in [9.17, 15) is 4.79 Å². The predicted molar refractivity (Wildman–Crippen MR) is 48.9 cm³/mol. The maximum atomic E-state index is 10.2. The van der Waals surface area contributed by atoms with Gasteiger partial charge in [0.2, 0.25) is 0 Å². The number of carbonyl (C=O) groups is 1. The second kappa shape index (κ2) is 6.70. The van der Waals surface area contributed by atoms with Gasteiger partial charge in [-0.2, -0.15) is 0 Å². The van der Waals surface area contributed by atoms with E-state index >= 15 is 0 Å². The van der Waals surface area contributed by atoms with Crippen LogP contribution in [0.1, 0.15) is 26.7 Å². The third kappa shape index (κ3) is 5.77. The highest BCUT2D eigenvalue weighted by atomic mass is 16.4. The van der Waals surface area contributed by atoms with Gasteiger partial charge in [-0.3, -0.25) is 0 Å². The normalized spacial score (nSPS) is 10.5. The van der Waals surface area contributed by atoms with E-state index in [1.165, 1.54) is 6.08 Å². The molecule has 3 nitrogen and oxygen atoms in total. The van der Waals surface area contributed by atoms with E-state index in [-0.39, 0.29) is 0 Å². The minimum absolute atomic E-state index is 0.882. The van der Waals surface area contributed by atoms with E-state index in [2.05, 4.69) is 13.8 Å². The summed E-state index contributed by atoms with van der Waals surface area (Å²) in [5, 5.41) is 8.39. The fourth-order valence-corrected chi connectivity index (χ4v) is 1.00. The summed E-state index contributed by atoms with van der Waals surface area (Å²) in [4.78, 5) is 12.2. The van der Waals surface area contributed by atoms with Crippen molar-refractivity contribution in [3.63, 3.8) is 0 Å².